The Morgan fingerprint density at radius 1 is 1.30 bits per heavy atom. The molecule has 0 bridgehead atoms. The number of hydrogen-bond acceptors (Lipinski definition) is 2. The summed E-state index contributed by atoms with van der Waals surface area (Å²) in [6.07, 6.45) is 0.879. The summed E-state index contributed by atoms with van der Waals surface area (Å²) >= 11 is 7.01. The van der Waals surface area contributed by atoms with Crippen molar-refractivity contribution in [3.63, 3.8) is 0 Å². The Hall–Kier alpha value is -0.880. The molecule has 0 fully saturated rings. The molecule has 0 radical (unpaired) electrons. The van der Waals surface area contributed by atoms with E-state index in [2.05, 4.69) is 56.1 Å². The van der Waals surface area contributed by atoms with Gasteiger partial charge >= 0.3 is 0 Å². The van der Waals surface area contributed by atoms with E-state index in [1.54, 1.807) is 6.07 Å². The van der Waals surface area contributed by atoms with Crippen LogP contribution in [0.4, 0.5) is 10.1 Å². The molecule has 0 amide bonds. The van der Waals surface area contributed by atoms with Gasteiger partial charge in [-0.15, -0.1) is 0 Å². The van der Waals surface area contributed by atoms with Gasteiger partial charge in [-0.3, -0.25) is 4.68 Å². The van der Waals surface area contributed by atoms with Crippen LogP contribution in [0.3, 0.4) is 0 Å². The molecule has 1 aromatic carbocycles. The topological polar surface area (TPSA) is 29.9 Å². The van der Waals surface area contributed by atoms with E-state index in [0.29, 0.717) is 6.54 Å². The molecular weight excluding hydrogens is 389 g/mol. The molecule has 0 saturated heterocycles. The Kier molecular flexibility index (Phi) is 5.21. The standard InChI is InChI=1S/C14H16Br2FN3/c1-3-11-14(16)13(20(4-2)19-11)8-18-12-7-9(17)5-6-10(12)15/h5-7,18H,3-4,8H2,1-2H3. The lowest BCUT2D eigenvalue weighted by molar-refractivity contribution is 0.617. The summed E-state index contributed by atoms with van der Waals surface area (Å²) in [5.74, 6) is -0.256. The van der Waals surface area contributed by atoms with E-state index >= 15 is 0 Å². The SMILES string of the molecule is CCc1nn(CC)c(CNc2cc(F)ccc2Br)c1Br. The molecule has 1 aromatic heterocycles. The van der Waals surface area contributed by atoms with Crippen LogP contribution in [0.15, 0.2) is 27.1 Å². The van der Waals surface area contributed by atoms with Gasteiger partial charge in [0.1, 0.15) is 5.82 Å². The van der Waals surface area contributed by atoms with E-state index in [9.17, 15) is 4.39 Å². The van der Waals surface area contributed by atoms with Crippen molar-refractivity contribution in [2.24, 2.45) is 0 Å². The van der Waals surface area contributed by atoms with E-state index in [1.165, 1.54) is 12.1 Å². The minimum Gasteiger partial charge on any atom is -0.378 e. The van der Waals surface area contributed by atoms with Crippen molar-refractivity contribution in [1.29, 1.82) is 0 Å². The van der Waals surface area contributed by atoms with Crippen molar-refractivity contribution in [3.8, 4) is 0 Å². The lowest BCUT2D eigenvalue weighted by Gasteiger charge is -2.10. The summed E-state index contributed by atoms with van der Waals surface area (Å²) in [6, 6.07) is 4.60. The van der Waals surface area contributed by atoms with Crippen molar-refractivity contribution >= 4 is 37.5 Å². The molecule has 0 spiro atoms. The van der Waals surface area contributed by atoms with E-state index in [0.717, 1.165) is 39.0 Å². The minimum absolute atomic E-state index is 0.256. The van der Waals surface area contributed by atoms with Crippen LogP contribution in [0.25, 0.3) is 0 Å². The summed E-state index contributed by atoms with van der Waals surface area (Å²) < 4.78 is 17.1. The Morgan fingerprint density at radius 3 is 2.70 bits per heavy atom. The van der Waals surface area contributed by atoms with Crippen LogP contribution in [0.1, 0.15) is 25.2 Å². The van der Waals surface area contributed by atoms with Crippen molar-refractivity contribution in [3.05, 3.63) is 44.3 Å². The number of aromatic nitrogens is 2. The normalized spacial score (nSPS) is 10.8. The number of nitrogens with zero attached hydrogens (tertiary/aromatic N) is 2. The third-order valence-corrected chi connectivity index (χ3v) is 4.68. The van der Waals surface area contributed by atoms with Crippen LogP contribution in [0.5, 0.6) is 0 Å². The molecule has 2 rings (SSSR count). The third kappa shape index (κ3) is 3.23. The highest BCUT2D eigenvalue weighted by molar-refractivity contribution is 9.11. The highest BCUT2D eigenvalue weighted by Crippen LogP contribution is 2.26. The summed E-state index contributed by atoms with van der Waals surface area (Å²) in [5, 5.41) is 7.79. The molecule has 0 saturated carbocycles. The molecule has 2 aromatic rings. The van der Waals surface area contributed by atoms with Crippen LogP contribution in [0, 0.1) is 5.82 Å². The lowest BCUT2D eigenvalue weighted by atomic mass is 10.2. The largest absolute Gasteiger partial charge is 0.378 e. The quantitative estimate of drug-likeness (QED) is 0.779. The predicted molar refractivity (Wildman–Crippen MR) is 86.4 cm³/mol. The van der Waals surface area contributed by atoms with Crippen LogP contribution in [-0.2, 0) is 19.5 Å². The van der Waals surface area contributed by atoms with Crippen LogP contribution >= 0.6 is 31.9 Å². The number of nitrogens with one attached hydrogen (secondary N) is 1. The predicted octanol–water partition coefficient (Wildman–Crippen LogP) is 4.74. The fraction of sp³-hybridized carbons (Fsp3) is 0.357. The zero-order valence-corrected chi connectivity index (χ0v) is 14.6. The minimum atomic E-state index is -0.256. The number of halogens is 3. The van der Waals surface area contributed by atoms with Gasteiger partial charge in [-0.25, -0.2) is 4.39 Å². The Bertz CT molecular complexity index is 611. The molecule has 0 aliphatic rings. The maximum absolute atomic E-state index is 13.3. The second-order valence-corrected chi connectivity index (χ2v) is 6.00. The molecule has 20 heavy (non-hydrogen) atoms. The van der Waals surface area contributed by atoms with Crippen molar-refractivity contribution in [1.82, 2.24) is 9.78 Å². The molecule has 0 aliphatic heterocycles. The van der Waals surface area contributed by atoms with E-state index in [4.69, 9.17) is 0 Å². The number of rotatable bonds is 5. The van der Waals surface area contributed by atoms with Crippen LogP contribution in [0.2, 0.25) is 0 Å². The summed E-state index contributed by atoms with van der Waals surface area (Å²) in [6.45, 7) is 5.53. The average molecular weight is 405 g/mol. The fourth-order valence-electron chi connectivity index (χ4n) is 2.00. The first kappa shape index (κ1) is 15.5. The Balaban J connectivity index is 2.22. The molecule has 0 unspecified atom stereocenters. The molecule has 3 nitrogen and oxygen atoms in total. The number of benzene rings is 1. The summed E-state index contributed by atoms with van der Waals surface area (Å²) in [7, 11) is 0. The van der Waals surface area contributed by atoms with Gasteiger partial charge in [0.25, 0.3) is 0 Å². The first-order chi connectivity index (χ1) is 9.56. The Labute approximate surface area is 134 Å². The average Bonchev–Trinajstić information content (AvgIpc) is 2.75. The zero-order valence-electron chi connectivity index (χ0n) is 11.4. The molecule has 1 heterocycles. The smallest absolute Gasteiger partial charge is 0.125 e. The first-order valence-electron chi connectivity index (χ1n) is 6.49. The van der Waals surface area contributed by atoms with Gasteiger partial charge < -0.3 is 5.32 Å². The Morgan fingerprint density at radius 2 is 2.05 bits per heavy atom. The number of aryl methyl sites for hydroxylation is 2. The highest BCUT2D eigenvalue weighted by atomic mass is 79.9. The summed E-state index contributed by atoms with van der Waals surface area (Å²) in [5.41, 5.74) is 2.85. The van der Waals surface area contributed by atoms with Crippen molar-refractivity contribution < 1.29 is 4.39 Å². The van der Waals surface area contributed by atoms with Gasteiger partial charge in [0.2, 0.25) is 0 Å². The zero-order chi connectivity index (χ0) is 14.7. The van der Waals surface area contributed by atoms with Crippen LogP contribution in [-0.4, -0.2) is 9.78 Å². The monoisotopic (exact) mass is 403 g/mol. The second-order valence-electron chi connectivity index (χ2n) is 4.35. The molecule has 108 valence electrons. The maximum atomic E-state index is 13.3. The van der Waals surface area contributed by atoms with E-state index in [1.807, 2.05) is 4.68 Å². The first-order valence-corrected chi connectivity index (χ1v) is 8.08. The van der Waals surface area contributed by atoms with Gasteiger partial charge in [0.15, 0.2) is 0 Å². The molecule has 6 heteroatoms. The van der Waals surface area contributed by atoms with Gasteiger partial charge in [-0.1, -0.05) is 6.92 Å². The van der Waals surface area contributed by atoms with Crippen molar-refractivity contribution in [2.75, 3.05) is 5.32 Å². The van der Waals surface area contributed by atoms with Gasteiger partial charge in [-0.2, -0.15) is 5.10 Å². The molecule has 0 aliphatic carbocycles. The maximum Gasteiger partial charge on any atom is 0.125 e. The highest BCUT2D eigenvalue weighted by Gasteiger charge is 2.14. The number of anilines is 1. The van der Waals surface area contributed by atoms with Gasteiger partial charge in [0.05, 0.1) is 28.1 Å². The third-order valence-electron chi connectivity index (χ3n) is 3.07. The second kappa shape index (κ2) is 6.72. The molecule has 0 atom stereocenters. The fourth-order valence-corrected chi connectivity index (χ4v) is 3.09. The lowest BCUT2D eigenvalue weighted by Crippen LogP contribution is -2.08. The summed E-state index contributed by atoms with van der Waals surface area (Å²) in [4.78, 5) is 0. The number of hydrogen-bond donors (Lipinski definition) is 1. The van der Waals surface area contributed by atoms with Crippen molar-refractivity contribution in [2.45, 2.75) is 33.4 Å². The molecular formula is C14H16Br2FN3. The van der Waals surface area contributed by atoms with E-state index in [-0.39, 0.29) is 5.82 Å². The van der Waals surface area contributed by atoms with Gasteiger partial charge in [0, 0.05) is 11.0 Å². The molecule has 1 N–H and O–H groups in total. The van der Waals surface area contributed by atoms with E-state index < -0.39 is 0 Å². The van der Waals surface area contributed by atoms with Crippen LogP contribution < -0.4 is 5.32 Å². The van der Waals surface area contributed by atoms with Gasteiger partial charge in [-0.05, 0) is 63.4 Å².